The first-order valence-corrected chi connectivity index (χ1v) is 10.9. The molecule has 0 aromatic rings. The molecule has 0 bridgehead atoms. The molecule has 0 amide bonds. The van der Waals surface area contributed by atoms with E-state index in [4.69, 9.17) is 24.1 Å². The molecule has 14 heteroatoms. The molecule has 0 saturated carbocycles. The summed E-state index contributed by atoms with van der Waals surface area (Å²) >= 11 is 0. The molecule has 2 unspecified atom stereocenters. The number of aliphatic hydroxyl groups is 2. The molecular weight excluding hydrogens is 512 g/mol. The summed E-state index contributed by atoms with van der Waals surface area (Å²) in [4.78, 5) is 81.0. The van der Waals surface area contributed by atoms with Crippen LogP contribution in [0.3, 0.4) is 0 Å². The number of carbonyl (C=O) groups is 5. The number of hydrogen-bond donors (Lipinski definition) is 2. The maximum atomic E-state index is 12.2. The van der Waals surface area contributed by atoms with Gasteiger partial charge in [0.25, 0.3) is 0 Å². The Kier molecular flexibility index (Phi) is 15.9. The summed E-state index contributed by atoms with van der Waals surface area (Å²) in [5.41, 5.74) is -1.84. The molecule has 0 heterocycles. The summed E-state index contributed by atoms with van der Waals surface area (Å²) in [6, 6.07) is 0. The lowest BCUT2D eigenvalue weighted by atomic mass is 10.1. The van der Waals surface area contributed by atoms with Crippen molar-refractivity contribution in [3.63, 3.8) is 0 Å². The second kappa shape index (κ2) is 18.0. The van der Waals surface area contributed by atoms with E-state index in [1.165, 1.54) is 25.7 Å². The number of carbonyl (C=O) groups excluding carboxylic acids is 7. The van der Waals surface area contributed by atoms with Gasteiger partial charge in [-0.25, -0.2) is 33.6 Å². The van der Waals surface area contributed by atoms with Gasteiger partial charge in [0.1, 0.15) is 24.6 Å². The van der Waals surface area contributed by atoms with Crippen LogP contribution < -0.4 is 0 Å². The molecule has 0 saturated heterocycles. The Balaban J connectivity index is 4.72. The predicted molar refractivity (Wildman–Crippen MR) is 124 cm³/mol. The van der Waals surface area contributed by atoms with Crippen LogP contribution >= 0.6 is 0 Å². The number of esters is 4. The first-order chi connectivity index (χ1) is 17.9. The minimum atomic E-state index is -1.77. The SMILES string of the molecule is C=C(C)C(=O)OCC(OC(=O)C(=C)C)C(=C=O)C(=O)OC(=O)OCCCCCOC(=O)C(=C=O)C(O)CO. The van der Waals surface area contributed by atoms with Gasteiger partial charge >= 0.3 is 30.0 Å². The maximum Gasteiger partial charge on any atom is 0.516 e. The van der Waals surface area contributed by atoms with E-state index in [0.717, 1.165) is 0 Å². The number of hydrogen-bond acceptors (Lipinski definition) is 14. The monoisotopic (exact) mass is 540 g/mol. The van der Waals surface area contributed by atoms with Crippen molar-refractivity contribution in [1.29, 1.82) is 0 Å². The van der Waals surface area contributed by atoms with Crippen LogP contribution in [0.1, 0.15) is 33.1 Å². The van der Waals surface area contributed by atoms with E-state index in [1.54, 1.807) is 0 Å². The van der Waals surface area contributed by atoms with Crippen LogP contribution in [0.25, 0.3) is 0 Å². The molecule has 0 fully saturated rings. The zero-order valence-electron chi connectivity index (χ0n) is 20.8. The average Bonchev–Trinajstić information content (AvgIpc) is 2.86. The van der Waals surface area contributed by atoms with Gasteiger partial charge in [-0.1, -0.05) is 13.2 Å². The Morgan fingerprint density at radius 1 is 0.763 bits per heavy atom. The van der Waals surface area contributed by atoms with Gasteiger partial charge in [-0.2, -0.15) is 0 Å². The number of rotatable bonds is 16. The lowest BCUT2D eigenvalue weighted by Gasteiger charge is -2.17. The fourth-order valence-electron chi connectivity index (χ4n) is 2.20. The number of ether oxygens (including phenoxy) is 5. The van der Waals surface area contributed by atoms with Crippen LogP contribution in [0.15, 0.2) is 35.5 Å². The van der Waals surface area contributed by atoms with Gasteiger partial charge in [-0.05, 0) is 33.1 Å². The average molecular weight is 540 g/mol. The highest BCUT2D eigenvalue weighted by molar-refractivity contribution is 6.02. The Bertz CT molecular complexity index is 1030. The van der Waals surface area contributed by atoms with Crippen molar-refractivity contribution >= 4 is 41.9 Å². The summed E-state index contributed by atoms with van der Waals surface area (Å²) < 4.78 is 23.5. The van der Waals surface area contributed by atoms with Gasteiger partial charge in [0.15, 0.2) is 17.3 Å². The molecule has 14 nitrogen and oxygen atoms in total. The van der Waals surface area contributed by atoms with E-state index >= 15 is 0 Å². The summed E-state index contributed by atoms with van der Waals surface area (Å²) in [6.45, 7) is 7.27. The lowest BCUT2D eigenvalue weighted by Crippen LogP contribution is -2.33. The smallest absolute Gasteiger partial charge is 0.462 e. The molecule has 2 atom stereocenters. The van der Waals surface area contributed by atoms with Crippen LogP contribution in [0, 0.1) is 0 Å². The van der Waals surface area contributed by atoms with Crippen molar-refractivity contribution in [3.8, 4) is 0 Å². The molecule has 38 heavy (non-hydrogen) atoms. The van der Waals surface area contributed by atoms with Crippen molar-refractivity contribution in [2.75, 3.05) is 26.4 Å². The van der Waals surface area contributed by atoms with Crippen LogP contribution in [0.2, 0.25) is 0 Å². The Hall–Kier alpha value is -4.35. The Morgan fingerprint density at radius 3 is 1.82 bits per heavy atom. The first-order valence-electron chi connectivity index (χ1n) is 10.9. The lowest BCUT2D eigenvalue weighted by molar-refractivity contribution is -0.153. The Labute approximate surface area is 217 Å². The predicted octanol–water partition coefficient (Wildman–Crippen LogP) is -0.144. The summed E-state index contributed by atoms with van der Waals surface area (Å²) in [6.07, 6.45) is -4.13. The van der Waals surface area contributed by atoms with Crippen molar-refractivity contribution in [1.82, 2.24) is 0 Å². The molecule has 0 aromatic carbocycles. The molecule has 0 aliphatic heterocycles. The van der Waals surface area contributed by atoms with E-state index in [-0.39, 0.29) is 37.2 Å². The van der Waals surface area contributed by atoms with Gasteiger partial charge in [0.2, 0.25) is 0 Å². The van der Waals surface area contributed by atoms with E-state index in [2.05, 4.69) is 17.9 Å². The van der Waals surface area contributed by atoms with E-state index in [1.807, 2.05) is 0 Å². The highest BCUT2D eigenvalue weighted by atomic mass is 16.7. The molecular formula is C24H28O14. The maximum absolute atomic E-state index is 12.2. The van der Waals surface area contributed by atoms with Crippen molar-refractivity contribution in [2.45, 2.75) is 45.3 Å². The van der Waals surface area contributed by atoms with Gasteiger partial charge in [0.05, 0.1) is 19.8 Å². The zero-order valence-corrected chi connectivity index (χ0v) is 20.8. The third-order valence-corrected chi connectivity index (χ3v) is 4.22. The van der Waals surface area contributed by atoms with Crippen molar-refractivity contribution in [3.05, 3.63) is 35.5 Å². The van der Waals surface area contributed by atoms with Crippen molar-refractivity contribution < 1.29 is 67.5 Å². The Morgan fingerprint density at radius 2 is 1.32 bits per heavy atom. The first kappa shape index (κ1) is 33.7. The fourth-order valence-corrected chi connectivity index (χ4v) is 2.20. The molecule has 0 aliphatic carbocycles. The molecule has 208 valence electrons. The summed E-state index contributed by atoms with van der Waals surface area (Å²) in [7, 11) is 0. The summed E-state index contributed by atoms with van der Waals surface area (Å²) in [5, 5.41) is 18.0. The van der Waals surface area contributed by atoms with E-state index in [9.17, 15) is 38.7 Å². The third kappa shape index (κ3) is 12.6. The zero-order chi connectivity index (χ0) is 29.3. The van der Waals surface area contributed by atoms with E-state index in [0.29, 0.717) is 6.42 Å². The molecule has 0 aromatic heterocycles. The largest absolute Gasteiger partial charge is 0.516 e. The van der Waals surface area contributed by atoms with Gasteiger partial charge < -0.3 is 33.9 Å². The number of unbranched alkanes of at least 4 members (excludes halogenated alkanes) is 2. The van der Waals surface area contributed by atoms with Crippen LogP contribution in [-0.2, 0) is 52.5 Å². The summed E-state index contributed by atoms with van der Waals surface area (Å²) in [5.74, 6) is -2.25. The molecule has 0 aliphatic rings. The highest BCUT2D eigenvalue weighted by Gasteiger charge is 2.31. The van der Waals surface area contributed by atoms with Gasteiger partial charge in [-0.15, -0.1) is 0 Å². The second-order valence-corrected chi connectivity index (χ2v) is 7.47. The minimum Gasteiger partial charge on any atom is -0.462 e. The third-order valence-electron chi connectivity index (χ3n) is 4.22. The molecule has 0 spiro atoms. The van der Waals surface area contributed by atoms with Gasteiger partial charge in [0, 0.05) is 11.1 Å². The fraction of sp³-hybridized carbons (Fsp3) is 0.458. The molecule has 2 N–H and O–H groups in total. The minimum absolute atomic E-state index is 0.0148. The van der Waals surface area contributed by atoms with Crippen molar-refractivity contribution in [2.24, 2.45) is 0 Å². The topological polar surface area (TPSA) is 206 Å². The van der Waals surface area contributed by atoms with Crippen LogP contribution in [-0.4, -0.2) is 90.8 Å². The molecule has 0 rings (SSSR count). The second-order valence-electron chi connectivity index (χ2n) is 7.47. The van der Waals surface area contributed by atoms with Crippen LogP contribution in [0.4, 0.5) is 4.79 Å². The van der Waals surface area contributed by atoms with Gasteiger partial charge in [-0.3, -0.25) is 0 Å². The standard InChI is InChI=1S/C24H28O14/c1-14(2)20(29)36-13-19(37-21(30)15(3)4)17(11-26)23(32)38-24(33)35-9-7-5-6-8-34-22(31)16(10-25)18(28)12-27/h18-19,27-28H,1,3,5-9,12-13H2,2,4H3. The highest BCUT2D eigenvalue weighted by Crippen LogP contribution is 2.12. The molecule has 0 radical (unpaired) electrons. The quantitative estimate of drug-likeness (QED) is 0.0652. The van der Waals surface area contributed by atoms with Crippen LogP contribution in [0.5, 0.6) is 0 Å². The van der Waals surface area contributed by atoms with E-state index < -0.39 is 66.6 Å². The normalized spacial score (nSPS) is 11.4. The number of aliphatic hydroxyl groups excluding tert-OH is 2.